The van der Waals surface area contributed by atoms with Gasteiger partial charge in [0.05, 0.1) is 31.7 Å². The van der Waals surface area contributed by atoms with Crippen LogP contribution in [0.4, 0.5) is 0 Å². The molecule has 11 nitrogen and oxygen atoms in total. The number of pyridine rings is 1. The quantitative estimate of drug-likeness (QED) is 0.344. The number of hydrogen-bond donors (Lipinski definition) is 1. The number of nitrogens with one attached hydrogen (secondary N) is 1. The number of hydrazone groups is 1. The van der Waals surface area contributed by atoms with Gasteiger partial charge in [-0.2, -0.15) is 10.4 Å². The number of nitrogens with zero attached hydrogens (tertiary/aromatic N) is 4. The van der Waals surface area contributed by atoms with Crippen molar-refractivity contribution in [3.05, 3.63) is 51.1 Å². The van der Waals surface area contributed by atoms with Gasteiger partial charge in [0.2, 0.25) is 5.88 Å². The largest absolute Gasteiger partial charge is 0.484 e. The fourth-order valence-corrected chi connectivity index (χ4v) is 3.66. The second-order valence-electron chi connectivity index (χ2n) is 7.65. The Bertz CT molecular complexity index is 1140. The van der Waals surface area contributed by atoms with Crippen LogP contribution in [0.5, 0.6) is 11.6 Å². The first-order valence-corrected chi connectivity index (χ1v) is 11.8. The maximum absolute atomic E-state index is 12.1. The Morgan fingerprint density at radius 3 is 2.64 bits per heavy atom. The van der Waals surface area contributed by atoms with Crippen LogP contribution in [-0.2, 0) is 25.7 Å². The van der Waals surface area contributed by atoms with Crippen LogP contribution in [0.15, 0.2) is 33.8 Å². The number of ether oxygens (including phenoxy) is 4. The van der Waals surface area contributed by atoms with Gasteiger partial charge in [-0.3, -0.25) is 9.59 Å². The van der Waals surface area contributed by atoms with Gasteiger partial charge in [0.15, 0.2) is 13.2 Å². The number of methoxy groups -OCH3 is 1. The van der Waals surface area contributed by atoms with Gasteiger partial charge in [0.25, 0.3) is 11.8 Å². The van der Waals surface area contributed by atoms with Crippen molar-refractivity contribution >= 4 is 34.0 Å². The Kier molecular flexibility index (Phi) is 10.2. The first kappa shape index (κ1) is 27.1. The van der Waals surface area contributed by atoms with E-state index in [2.05, 4.69) is 31.4 Å². The van der Waals surface area contributed by atoms with Crippen LogP contribution in [-0.4, -0.2) is 74.5 Å². The van der Waals surface area contributed by atoms with Crippen LogP contribution >= 0.6 is 15.9 Å². The molecule has 12 heteroatoms. The number of nitriles is 1. The van der Waals surface area contributed by atoms with E-state index in [-0.39, 0.29) is 37.2 Å². The highest BCUT2D eigenvalue weighted by Gasteiger charge is 2.19. The molecule has 1 aromatic heterocycles. The number of carbonyl (C=O) groups excluding carboxylic acids is 2. The standard InChI is InChI=1S/C24H26BrN5O6/c1-16-23(25)20(13-33-2)19(11-26)24(28-16)36-14-21(31)29-27-12-17-3-5-18(6-4-17)35-15-22(32)30-7-9-34-10-8-30/h3-6,12H,7-10,13-15H2,1-2H3,(H,29,31)/b27-12+. The molecule has 3 rings (SSSR count). The van der Waals surface area contributed by atoms with Crippen LogP contribution in [0.25, 0.3) is 0 Å². The third kappa shape index (κ3) is 7.48. The Morgan fingerprint density at radius 2 is 1.97 bits per heavy atom. The smallest absolute Gasteiger partial charge is 0.278 e. The molecule has 0 atom stereocenters. The fourth-order valence-electron chi connectivity index (χ4n) is 3.26. The summed E-state index contributed by atoms with van der Waals surface area (Å²) in [5.41, 5.74) is 4.47. The highest BCUT2D eigenvalue weighted by Crippen LogP contribution is 2.29. The molecule has 2 heterocycles. The zero-order valence-corrected chi connectivity index (χ0v) is 21.5. The van der Waals surface area contributed by atoms with Crippen molar-refractivity contribution < 1.29 is 28.5 Å². The summed E-state index contributed by atoms with van der Waals surface area (Å²) in [5, 5.41) is 13.4. The maximum atomic E-state index is 12.1. The third-order valence-electron chi connectivity index (χ3n) is 5.12. The second-order valence-corrected chi connectivity index (χ2v) is 8.44. The molecular formula is C24H26BrN5O6. The lowest BCUT2D eigenvalue weighted by Crippen LogP contribution is -2.42. The van der Waals surface area contributed by atoms with Crippen molar-refractivity contribution in [1.82, 2.24) is 15.3 Å². The topological polar surface area (TPSA) is 135 Å². The Morgan fingerprint density at radius 1 is 1.25 bits per heavy atom. The molecule has 0 bridgehead atoms. The number of aromatic nitrogens is 1. The molecule has 2 aromatic rings. The minimum absolute atomic E-state index is 0.0449. The molecule has 190 valence electrons. The Hall–Kier alpha value is -3.53. The van der Waals surface area contributed by atoms with Crippen LogP contribution in [0.2, 0.25) is 0 Å². The van der Waals surface area contributed by atoms with Crippen molar-refractivity contribution in [3.8, 4) is 17.7 Å². The molecule has 0 aliphatic carbocycles. The number of morpholine rings is 1. The molecule has 1 fully saturated rings. The first-order valence-electron chi connectivity index (χ1n) is 11.0. The maximum Gasteiger partial charge on any atom is 0.278 e. The number of aryl methyl sites for hydroxylation is 1. The average Bonchev–Trinajstić information content (AvgIpc) is 2.90. The van der Waals surface area contributed by atoms with E-state index in [4.69, 9.17) is 18.9 Å². The number of carbonyl (C=O) groups is 2. The van der Waals surface area contributed by atoms with Gasteiger partial charge in [-0.1, -0.05) is 0 Å². The third-order valence-corrected chi connectivity index (χ3v) is 6.17. The molecule has 0 spiro atoms. The number of rotatable bonds is 10. The minimum atomic E-state index is -0.521. The fraction of sp³-hybridized carbons (Fsp3) is 0.375. The van der Waals surface area contributed by atoms with Gasteiger partial charge in [0.1, 0.15) is 17.4 Å². The van der Waals surface area contributed by atoms with Gasteiger partial charge >= 0.3 is 0 Å². The van der Waals surface area contributed by atoms with Crippen LogP contribution in [0.1, 0.15) is 22.4 Å². The molecule has 2 amide bonds. The summed E-state index contributed by atoms with van der Waals surface area (Å²) < 4.78 is 22.1. The SMILES string of the molecule is COCc1c(Br)c(C)nc(OCC(=O)N/N=C/c2ccc(OCC(=O)N3CCOCC3)cc2)c1C#N. The van der Waals surface area contributed by atoms with E-state index >= 15 is 0 Å². The lowest BCUT2D eigenvalue weighted by Gasteiger charge is -2.26. The highest BCUT2D eigenvalue weighted by molar-refractivity contribution is 9.10. The lowest BCUT2D eigenvalue weighted by molar-refractivity contribution is -0.137. The van der Waals surface area contributed by atoms with Gasteiger partial charge < -0.3 is 23.8 Å². The molecule has 0 saturated carbocycles. The summed E-state index contributed by atoms with van der Waals surface area (Å²) in [6.07, 6.45) is 1.46. The monoisotopic (exact) mass is 559 g/mol. The van der Waals surface area contributed by atoms with Crippen molar-refractivity contribution in [1.29, 1.82) is 5.26 Å². The first-order chi connectivity index (χ1) is 17.4. The summed E-state index contributed by atoms with van der Waals surface area (Å²) in [5.74, 6) is -0.0109. The van der Waals surface area contributed by atoms with E-state index < -0.39 is 5.91 Å². The second kappa shape index (κ2) is 13.5. The molecule has 1 aliphatic heterocycles. The Balaban J connectivity index is 1.47. The van der Waals surface area contributed by atoms with Crippen LogP contribution < -0.4 is 14.9 Å². The number of hydrogen-bond acceptors (Lipinski definition) is 9. The van der Waals surface area contributed by atoms with Crippen LogP contribution in [0, 0.1) is 18.3 Å². The molecule has 1 aliphatic rings. The van der Waals surface area contributed by atoms with Crippen LogP contribution in [0.3, 0.4) is 0 Å². The van der Waals surface area contributed by atoms with Crippen molar-refractivity contribution in [2.45, 2.75) is 13.5 Å². The molecule has 1 N–H and O–H groups in total. The summed E-state index contributed by atoms with van der Waals surface area (Å²) in [7, 11) is 1.52. The summed E-state index contributed by atoms with van der Waals surface area (Å²) in [4.78, 5) is 30.2. The average molecular weight is 560 g/mol. The number of benzene rings is 1. The summed E-state index contributed by atoms with van der Waals surface area (Å²) >= 11 is 3.40. The molecule has 0 radical (unpaired) electrons. The van der Waals surface area contributed by atoms with Crippen molar-refractivity contribution in [2.24, 2.45) is 5.10 Å². The van der Waals surface area contributed by atoms with Gasteiger partial charge in [-0.05, 0) is 52.7 Å². The van der Waals surface area contributed by atoms with Crippen molar-refractivity contribution in [3.63, 3.8) is 0 Å². The van der Waals surface area contributed by atoms with E-state index in [0.717, 1.165) is 0 Å². The predicted octanol–water partition coefficient (Wildman–Crippen LogP) is 1.94. The summed E-state index contributed by atoms with van der Waals surface area (Å²) in [6, 6.07) is 8.95. The molecule has 0 unspecified atom stereocenters. The van der Waals surface area contributed by atoms with E-state index in [0.29, 0.717) is 53.3 Å². The molecule has 36 heavy (non-hydrogen) atoms. The highest BCUT2D eigenvalue weighted by atomic mass is 79.9. The lowest BCUT2D eigenvalue weighted by atomic mass is 10.1. The normalized spacial score (nSPS) is 13.3. The molecular weight excluding hydrogens is 534 g/mol. The number of amides is 2. The predicted molar refractivity (Wildman–Crippen MR) is 133 cm³/mol. The van der Waals surface area contributed by atoms with Gasteiger partial charge in [0, 0.05) is 30.2 Å². The Labute approximate surface area is 217 Å². The molecule has 1 aromatic carbocycles. The van der Waals surface area contributed by atoms with E-state index in [1.165, 1.54) is 13.3 Å². The van der Waals surface area contributed by atoms with E-state index in [9.17, 15) is 14.9 Å². The van der Waals surface area contributed by atoms with E-state index in [1.807, 2.05) is 6.07 Å². The molecule has 1 saturated heterocycles. The van der Waals surface area contributed by atoms with E-state index in [1.54, 1.807) is 36.1 Å². The van der Waals surface area contributed by atoms with Gasteiger partial charge in [-0.25, -0.2) is 10.4 Å². The van der Waals surface area contributed by atoms with Crippen molar-refractivity contribution in [2.75, 3.05) is 46.6 Å². The zero-order valence-electron chi connectivity index (χ0n) is 20.0. The zero-order chi connectivity index (χ0) is 25.9. The van der Waals surface area contributed by atoms with Gasteiger partial charge in [-0.15, -0.1) is 0 Å². The minimum Gasteiger partial charge on any atom is -0.484 e. The summed E-state index contributed by atoms with van der Waals surface area (Å²) in [6.45, 7) is 3.74. The number of halogens is 1.